The standard InChI is InChI=1S/C29H30N6O3.C2H7N.C2H6/c1-33(2)21-7-8-23-18(13-21)10-12-35(28(23)37)26-6-4-5-22(24(26)17-36)19-14-25(29(38)34(3)16-19)32-27-15-20(30)9-11-31-27;1-3-2;1-2/h4-9,11,13-16,36H,10,12,17H2,1-3H3,(H3,30,31,32);3H,1-2H3;1-2H3. The Hall–Kier alpha value is -4.67. The molecule has 2 aromatic carbocycles. The van der Waals surface area contributed by atoms with Crippen molar-refractivity contribution in [3.05, 3.63) is 94.0 Å². The quantitative estimate of drug-likeness (QED) is 0.262. The Morgan fingerprint density at radius 1 is 1.02 bits per heavy atom. The first-order valence-corrected chi connectivity index (χ1v) is 14.3. The van der Waals surface area contributed by atoms with Gasteiger partial charge in [-0.15, -0.1) is 0 Å². The van der Waals surface area contributed by atoms with E-state index < -0.39 is 0 Å². The van der Waals surface area contributed by atoms with Gasteiger partial charge in [0.15, 0.2) is 0 Å². The molecule has 0 unspecified atom stereocenters. The Morgan fingerprint density at radius 2 is 1.74 bits per heavy atom. The van der Waals surface area contributed by atoms with Crippen LogP contribution in [-0.2, 0) is 20.1 Å². The van der Waals surface area contributed by atoms with E-state index in [1.807, 2.05) is 77.3 Å². The van der Waals surface area contributed by atoms with Gasteiger partial charge in [-0.25, -0.2) is 4.98 Å². The van der Waals surface area contributed by atoms with Crippen molar-refractivity contribution in [1.29, 1.82) is 0 Å². The van der Waals surface area contributed by atoms with Crippen LogP contribution in [0.4, 0.5) is 28.6 Å². The lowest BCUT2D eigenvalue weighted by Crippen LogP contribution is -2.38. The van der Waals surface area contributed by atoms with E-state index in [2.05, 4.69) is 21.7 Å². The van der Waals surface area contributed by atoms with Crippen molar-refractivity contribution in [3.8, 4) is 11.1 Å². The molecule has 0 fully saturated rings. The lowest BCUT2D eigenvalue weighted by molar-refractivity contribution is 0.0980. The molecular formula is C33H43N7O3. The van der Waals surface area contributed by atoms with Gasteiger partial charge in [-0.1, -0.05) is 26.0 Å². The molecule has 43 heavy (non-hydrogen) atoms. The summed E-state index contributed by atoms with van der Waals surface area (Å²) in [5.41, 5.74) is 11.9. The molecule has 10 nitrogen and oxygen atoms in total. The van der Waals surface area contributed by atoms with Crippen LogP contribution in [0, 0.1) is 0 Å². The molecule has 1 aliphatic rings. The SMILES string of the molecule is CC.CN(C)c1ccc2c(c1)CCN(c1cccc(-c3cc(Nc4cc(N)ccn4)c(=O)n(C)c3)c1CO)C2=O.CNC. The van der Waals surface area contributed by atoms with Gasteiger partial charge in [0, 0.05) is 74.2 Å². The average molecular weight is 586 g/mol. The number of amides is 1. The van der Waals surface area contributed by atoms with Crippen molar-refractivity contribution in [1.82, 2.24) is 14.9 Å². The third kappa shape index (κ3) is 7.40. The van der Waals surface area contributed by atoms with Crippen molar-refractivity contribution in [2.45, 2.75) is 26.9 Å². The van der Waals surface area contributed by atoms with Crippen molar-refractivity contribution < 1.29 is 9.90 Å². The fourth-order valence-corrected chi connectivity index (χ4v) is 4.85. The minimum atomic E-state index is -0.274. The molecule has 10 heteroatoms. The number of carbonyl (C=O) groups is 1. The monoisotopic (exact) mass is 585 g/mol. The molecule has 0 bridgehead atoms. The van der Waals surface area contributed by atoms with E-state index in [4.69, 9.17) is 5.73 Å². The third-order valence-electron chi connectivity index (χ3n) is 6.83. The fourth-order valence-electron chi connectivity index (χ4n) is 4.85. The van der Waals surface area contributed by atoms with Crippen LogP contribution in [-0.4, -0.2) is 55.3 Å². The van der Waals surface area contributed by atoms with Crippen LogP contribution in [0.5, 0.6) is 0 Å². The summed E-state index contributed by atoms with van der Waals surface area (Å²) in [6, 6.07) is 16.5. The van der Waals surface area contributed by atoms with Gasteiger partial charge in [0.1, 0.15) is 11.5 Å². The lowest BCUT2D eigenvalue weighted by Gasteiger charge is -2.31. The Morgan fingerprint density at radius 3 is 2.40 bits per heavy atom. The van der Waals surface area contributed by atoms with E-state index in [1.54, 1.807) is 42.5 Å². The first-order valence-electron chi connectivity index (χ1n) is 14.3. The summed E-state index contributed by atoms with van der Waals surface area (Å²) in [5, 5.41) is 16.3. The summed E-state index contributed by atoms with van der Waals surface area (Å²) in [4.78, 5) is 34.4. The molecule has 1 amide bonds. The second kappa shape index (κ2) is 15.0. The van der Waals surface area contributed by atoms with E-state index in [9.17, 15) is 14.7 Å². The van der Waals surface area contributed by atoms with Gasteiger partial charge in [0.05, 0.1) is 12.3 Å². The maximum atomic E-state index is 13.6. The van der Waals surface area contributed by atoms with E-state index in [1.165, 1.54) is 4.57 Å². The molecule has 228 valence electrons. The molecule has 4 aromatic rings. The summed E-state index contributed by atoms with van der Waals surface area (Å²) >= 11 is 0. The Labute approximate surface area is 253 Å². The first-order chi connectivity index (χ1) is 20.7. The van der Waals surface area contributed by atoms with Gasteiger partial charge in [0.25, 0.3) is 11.5 Å². The van der Waals surface area contributed by atoms with E-state index in [-0.39, 0.29) is 18.1 Å². The number of aliphatic hydroxyl groups excluding tert-OH is 1. The number of nitrogens with one attached hydrogen (secondary N) is 2. The number of fused-ring (bicyclic) bond motifs is 1. The number of nitrogen functional groups attached to an aromatic ring is 1. The Bertz CT molecular complexity index is 1610. The highest BCUT2D eigenvalue weighted by Crippen LogP contribution is 2.35. The largest absolute Gasteiger partial charge is 0.399 e. The molecule has 0 atom stereocenters. The number of benzene rings is 2. The number of aryl methyl sites for hydroxylation is 1. The van der Waals surface area contributed by atoms with Crippen LogP contribution >= 0.6 is 0 Å². The zero-order valence-electron chi connectivity index (χ0n) is 26.1. The summed E-state index contributed by atoms with van der Waals surface area (Å²) in [6.07, 6.45) is 3.99. The number of aromatic nitrogens is 2. The second-order valence-corrected chi connectivity index (χ2v) is 10.1. The molecule has 0 spiro atoms. The predicted molar refractivity (Wildman–Crippen MR) is 177 cm³/mol. The molecule has 0 aliphatic carbocycles. The molecule has 0 radical (unpaired) electrons. The van der Waals surface area contributed by atoms with Gasteiger partial charge < -0.3 is 35.8 Å². The van der Waals surface area contributed by atoms with Crippen molar-refractivity contribution in [2.24, 2.45) is 7.05 Å². The highest BCUT2D eigenvalue weighted by Gasteiger charge is 2.28. The number of pyridine rings is 2. The summed E-state index contributed by atoms with van der Waals surface area (Å²) in [7, 11) is 9.37. The van der Waals surface area contributed by atoms with E-state index in [0.717, 1.165) is 16.8 Å². The van der Waals surface area contributed by atoms with Crippen molar-refractivity contribution in [2.75, 3.05) is 55.6 Å². The van der Waals surface area contributed by atoms with Crippen LogP contribution in [0.1, 0.15) is 35.3 Å². The summed E-state index contributed by atoms with van der Waals surface area (Å²) in [5.74, 6) is 0.351. The van der Waals surface area contributed by atoms with Crippen LogP contribution in [0.2, 0.25) is 0 Å². The summed E-state index contributed by atoms with van der Waals surface area (Å²) in [6.45, 7) is 4.23. The zero-order chi connectivity index (χ0) is 31.7. The normalized spacial score (nSPS) is 11.9. The highest BCUT2D eigenvalue weighted by atomic mass is 16.3. The molecule has 5 rings (SSSR count). The number of hydrogen-bond donors (Lipinski definition) is 4. The first kappa shape index (κ1) is 32.8. The number of hydrogen-bond acceptors (Lipinski definition) is 8. The maximum absolute atomic E-state index is 13.6. The van der Waals surface area contributed by atoms with Crippen LogP contribution < -0.4 is 31.7 Å². The fraction of sp³-hybridized carbons (Fsp3) is 0.303. The predicted octanol–water partition coefficient (Wildman–Crippen LogP) is 4.40. The van der Waals surface area contributed by atoms with Crippen LogP contribution in [0.25, 0.3) is 11.1 Å². The number of nitrogens with two attached hydrogens (primary N) is 1. The maximum Gasteiger partial charge on any atom is 0.274 e. The minimum Gasteiger partial charge on any atom is -0.399 e. The number of rotatable bonds is 6. The Kier molecular flexibility index (Phi) is 11.4. The van der Waals surface area contributed by atoms with Gasteiger partial charge >= 0.3 is 0 Å². The molecule has 0 saturated carbocycles. The summed E-state index contributed by atoms with van der Waals surface area (Å²) < 4.78 is 1.47. The van der Waals surface area contributed by atoms with Crippen molar-refractivity contribution in [3.63, 3.8) is 0 Å². The number of carbonyl (C=O) groups excluding carboxylic acids is 1. The smallest absolute Gasteiger partial charge is 0.274 e. The molecule has 3 heterocycles. The topological polar surface area (TPSA) is 129 Å². The third-order valence-corrected chi connectivity index (χ3v) is 6.83. The molecule has 2 aromatic heterocycles. The van der Waals surface area contributed by atoms with Gasteiger partial charge in [-0.2, -0.15) is 0 Å². The minimum absolute atomic E-state index is 0.0982. The molecule has 1 aliphatic heterocycles. The Balaban J connectivity index is 0.000000953. The number of nitrogens with zero attached hydrogens (tertiary/aromatic N) is 4. The average Bonchev–Trinajstić information content (AvgIpc) is 3.00. The van der Waals surface area contributed by atoms with Crippen LogP contribution in [0.15, 0.2) is 71.8 Å². The van der Waals surface area contributed by atoms with Gasteiger partial charge in [-0.05, 0) is 68.0 Å². The van der Waals surface area contributed by atoms with E-state index >= 15 is 0 Å². The highest BCUT2D eigenvalue weighted by molar-refractivity contribution is 6.09. The lowest BCUT2D eigenvalue weighted by atomic mass is 9.94. The molecule has 5 N–H and O–H groups in total. The number of anilines is 5. The van der Waals surface area contributed by atoms with E-state index in [0.29, 0.717) is 52.5 Å². The van der Waals surface area contributed by atoms with Crippen LogP contribution in [0.3, 0.4) is 0 Å². The van der Waals surface area contributed by atoms with Gasteiger partial charge in [-0.3, -0.25) is 9.59 Å². The zero-order valence-corrected chi connectivity index (χ0v) is 26.1. The van der Waals surface area contributed by atoms with Gasteiger partial charge in [0.2, 0.25) is 0 Å². The van der Waals surface area contributed by atoms with Crippen molar-refractivity contribution >= 4 is 34.5 Å². The number of aliphatic hydroxyl groups is 1. The molecular weight excluding hydrogens is 542 g/mol. The molecule has 0 saturated heterocycles. The second-order valence-electron chi connectivity index (χ2n) is 10.1.